The number of anilines is 3. The van der Waals surface area contributed by atoms with Gasteiger partial charge < -0.3 is 16.0 Å². The zero-order valence-corrected chi connectivity index (χ0v) is 23.4. The number of carbonyl (C=O) groups excluding carboxylic acids is 3. The van der Waals surface area contributed by atoms with Crippen LogP contribution in [0.4, 0.5) is 43.4 Å². The summed E-state index contributed by atoms with van der Waals surface area (Å²) in [6, 6.07) is 7.13. The average Bonchev–Trinajstić information content (AvgIpc) is 3.50. The molecule has 0 saturated heterocycles. The molecular weight excluding hydrogens is 635 g/mol. The Hall–Kier alpha value is -3.48. The van der Waals surface area contributed by atoms with Crippen LogP contribution in [0.1, 0.15) is 40.7 Å². The van der Waals surface area contributed by atoms with Crippen molar-refractivity contribution in [3.05, 3.63) is 87.7 Å². The van der Waals surface area contributed by atoms with Gasteiger partial charge in [-0.3, -0.25) is 14.4 Å². The third-order valence-electron chi connectivity index (χ3n) is 6.35. The van der Waals surface area contributed by atoms with Crippen LogP contribution in [0.2, 0.25) is 5.02 Å². The van der Waals surface area contributed by atoms with Crippen LogP contribution in [0.25, 0.3) is 0 Å². The average molecular weight is 653 g/mol. The number of nitrogens with one attached hydrogen (secondary N) is 3. The lowest BCUT2D eigenvalue weighted by Crippen LogP contribution is -2.19. The van der Waals surface area contributed by atoms with E-state index in [0.29, 0.717) is 12.1 Å². The number of hydrogen-bond acceptors (Lipinski definition) is 3. The summed E-state index contributed by atoms with van der Waals surface area (Å²) in [5, 5.41) is 6.57. The highest BCUT2D eigenvalue weighted by Gasteiger charge is 2.67. The maximum Gasteiger partial charge on any atom is 0.416 e. The summed E-state index contributed by atoms with van der Waals surface area (Å²) in [5.41, 5.74) is -3.04. The highest BCUT2D eigenvalue weighted by atomic mass is 35.5. The smallest absolute Gasteiger partial charge is 0.326 e. The first kappa shape index (κ1) is 31.5. The molecule has 2 atom stereocenters. The molecule has 1 fully saturated rings. The number of hydrogen-bond donors (Lipinski definition) is 3. The first-order chi connectivity index (χ1) is 19.5. The fraction of sp³-hybridized carbons (Fsp3) is 0.222. The predicted molar refractivity (Wildman–Crippen MR) is 145 cm³/mol. The lowest BCUT2D eigenvalue weighted by atomic mass is 10.0. The van der Waals surface area contributed by atoms with Gasteiger partial charge in [0.25, 0.3) is 5.91 Å². The van der Waals surface area contributed by atoms with Crippen molar-refractivity contribution in [1.82, 2.24) is 0 Å². The minimum atomic E-state index is -4.85. The number of benzene rings is 3. The molecule has 3 aromatic rings. The summed E-state index contributed by atoms with van der Waals surface area (Å²) in [5.74, 6) is -8.48. The van der Waals surface area contributed by atoms with Crippen molar-refractivity contribution in [2.24, 2.45) is 5.92 Å². The number of carbonyl (C=O) groups is 3. The summed E-state index contributed by atoms with van der Waals surface area (Å²) in [6.07, 6.45) is -4.91. The van der Waals surface area contributed by atoms with Gasteiger partial charge in [0.15, 0.2) is 5.82 Å². The van der Waals surface area contributed by atoms with Gasteiger partial charge in [-0.2, -0.15) is 13.2 Å². The van der Waals surface area contributed by atoms with E-state index in [1.54, 1.807) is 0 Å². The molecule has 222 valence electrons. The second-order valence-corrected chi connectivity index (χ2v) is 11.1. The molecule has 0 aromatic heterocycles. The van der Waals surface area contributed by atoms with Crippen LogP contribution in [0.15, 0.2) is 48.5 Å². The Labute approximate surface area is 249 Å². The van der Waals surface area contributed by atoms with E-state index >= 15 is 0 Å². The molecule has 0 aliphatic heterocycles. The first-order valence-corrected chi connectivity index (χ1v) is 13.1. The number of rotatable bonds is 7. The van der Waals surface area contributed by atoms with Crippen molar-refractivity contribution in [2.45, 2.75) is 29.8 Å². The second kappa shape index (κ2) is 11.7. The monoisotopic (exact) mass is 651 g/mol. The van der Waals surface area contributed by atoms with Crippen molar-refractivity contribution < 1.29 is 40.7 Å². The van der Waals surface area contributed by atoms with Gasteiger partial charge in [-0.15, -0.1) is 23.2 Å². The number of alkyl halides is 5. The van der Waals surface area contributed by atoms with E-state index in [9.17, 15) is 40.7 Å². The van der Waals surface area contributed by atoms with E-state index in [-0.39, 0.29) is 28.3 Å². The minimum absolute atomic E-state index is 0.0185. The van der Waals surface area contributed by atoms with Crippen LogP contribution in [0.3, 0.4) is 0 Å². The Kier molecular flexibility index (Phi) is 8.73. The molecule has 0 radical (unpaired) electrons. The van der Waals surface area contributed by atoms with Gasteiger partial charge in [0.1, 0.15) is 21.7 Å². The Balaban J connectivity index is 1.53. The fourth-order valence-corrected chi connectivity index (χ4v) is 5.23. The molecule has 4 rings (SSSR count). The van der Waals surface area contributed by atoms with Crippen LogP contribution in [0.5, 0.6) is 0 Å². The highest BCUT2D eigenvalue weighted by molar-refractivity contribution is 6.53. The third-order valence-corrected chi connectivity index (χ3v) is 7.62. The van der Waals surface area contributed by atoms with Crippen molar-refractivity contribution in [3.63, 3.8) is 0 Å². The lowest BCUT2D eigenvalue weighted by molar-refractivity contribution is -0.137. The Morgan fingerprint density at radius 1 is 0.929 bits per heavy atom. The quantitative estimate of drug-likeness (QED) is 0.179. The largest absolute Gasteiger partial charge is 0.416 e. The standard InChI is InChI=1S/C27H18Cl3F6N3O3/c1-2-19(40)39-23-17(32)5-6-18(22(23)33)38-24(41)15-10-14(3-4-16(15)28)37-25(42)21-20(26(21,29)30)11-7-12(27(34,35)36)9-13(31)8-11/h3-10,20-21H,2H2,1H3,(H,37,42)(H,38,41)(H,39,40)/t20-,21+/m0/s1. The minimum Gasteiger partial charge on any atom is -0.326 e. The van der Waals surface area contributed by atoms with E-state index in [4.69, 9.17) is 34.8 Å². The Bertz CT molecular complexity index is 1600. The van der Waals surface area contributed by atoms with Crippen LogP contribution >= 0.6 is 34.8 Å². The van der Waals surface area contributed by atoms with Crippen molar-refractivity contribution in [1.29, 1.82) is 0 Å². The molecule has 0 spiro atoms. The first-order valence-electron chi connectivity index (χ1n) is 12.0. The molecule has 0 heterocycles. The van der Waals surface area contributed by atoms with Crippen molar-refractivity contribution in [2.75, 3.05) is 16.0 Å². The maximum atomic E-state index is 14.8. The summed E-state index contributed by atoms with van der Waals surface area (Å²) in [6.45, 7) is 1.47. The van der Waals surface area contributed by atoms with Gasteiger partial charge >= 0.3 is 6.18 Å². The van der Waals surface area contributed by atoms with Crippen molar-refractivity contribution >= 4 is 69.6 Å². The van der Waals surface area contributed by atoms with E-state index in [2.05, 4.69) is 16.0 Å². The second-order valence-electron chi connectivity index (χ2n) is 9.22. The molecule has 42 heavy (non-hydrogen) atoms. The summed E-state index contributed by atoms with van der Waals surface area (Å²) >= 11 is 18.5. The Morgan fingerprint density at radius 2 is 1.62 bits per heavy atom. The van der Waals surface area contributed by atoms with Gasteiger partial charge in [0, 0.05) is 18.0 Å². The van der Waals surface area contributed by atoms with Gasteiger partial charge in [-0.1, -0.05) is 18.5 Å². The van der Waals surface area contributed by atoms with Gasteiger partial charge in [0.05, 0.1) is 27.8 Å². The fourth-order valence-electron chi connectivity index (χ4n) is 4.20. The number of amides is 3. The SMILES string of the molecule is CCC(=O)Nc1c(F)ccc(NC(=O)c2cc(NC(=O)[C@H]3[C@H](c4cc(F)cc(C(F)(F)F)c4)C3(Cl)Cl)ccc2Cl)c1F. The zero-order valence-electron chi connectivity index (χ0n) is 21.1. The molecule has 6 nitrogen and oxygen atoms in total. The maximum absolute atomic E-state index is 14.8. The van der Waals surface area contributed by atoms with Crippen LogP contribution in [-0.4, -0.2) is 22.1 Å². The highest BCUT2D eigenvalue weighted by Crippen LogP contribution is 2.65. The zero-order chi connectivity index (χ0) is 31.1. The summed E-state index contributed by atoms with van der Waals surface area (Å²) in [7, 11) is 0. The normalized spacial score (nSPS) is 17.4. The summed E-state index contributed by atoms with van der Waals surface area (Å²) < 4.78 is 80.4. The topological polar surface area (TPSA) is 87.3 Å². The van der Waals surface area contributed by atoms with E-state index < -0.39 is 74.5 Å². The molecular formula is C27H18Cl3F6N3O3. The molecule has 0 bridgehead atoms. The van der Waals surface area contributed by atoms with Gasteiger partial charge in [0.2, 0.25) is 11.8 Å². The number of halogens is 9. The van der Waals surface area contributed by atoms with Crippen LogP contribution in [0, 0.1) is 23.4 Å². The molecule has 3 amide bonds. The van der Waals surface area contributed by atoms with Crippen LogP contribution in [-0.2, 0) is 15.8 Å². The molecule has 3 aromatic carbocycles. The predicted octanol–water partition coefficient (Wildman–Crippen LogP) is 7.90. The third kappa shape index (κ3) is 6.45. The molecule has 3 N–H and O–H groups in total. The van der Waals surface area contributed by atoms with Gasteiger partial charge in [-0.05, 0) is 54.1 Å². The molecule has 1 aliphatic carbocycles. The van der Waals surface area contributed by atoms with Crippen molar-refractivity contribution in [3.8, 4) is 0 Å². The molecule has 1 aliphatic rings. The van der Waals surface area contributed by atoms with E-state index in [1.165, 1.54) is 19.1 Å². The Morgan fingerprint density at radius 3 is 2.26 bits per heavy atom. The molecule has 15 heteroatoms. The summed E-state index contributed by atoms with van der Waals surface area (Å²) in [4.78, 5) is 37.5. The van der Waals surface area contributed by atoms with Crippen LogP contribution < -0.4 is 16.0 Å². The molecule has 1 saturated carbocycles. The molecule has 0 unspecified atom stereocenters. The lowest BCUT2D eigenvalue weighted by Gasteiger charge is -2.13. The van der Waals surface area contributed by atoms with Gasteiger partial charge in [-0.25, -0.2) is 13.2 Å². The van der Waals surface area contributed by atoms with E-state index in [1.807, 2.05) is 0 Å². The van der Waals surface area contributed by atoms with E-state index in [0.717, 1.165) is 24.3 Å².